The normalized spacial score (nSPS) is 17.8. The van der Waals surface area contributed by atoms with Crippen LogP contribution >= 0.6 is 0 Å². The van der Waals surface area contributed by atoms with Crippen molar-refractivity contribution in [3.05, 3.63) is 192 Å². The van der Waals surface area contributed by atoms with Gasteiger partial charge in [0.05, 0.1) is 0 Å². The van der Waals surface area contributed by atoms with Gasteiger partial charge < -0.3 is 19.7 Å². The zero-order valence-electron chi connectivity index (χ0n) is 28.5. The van der Waals surface area contributed by atoms with E-state index in [0.29, 0.717) is 22.3 Å². The summed E-state index contributed by atoms with van der Waals surface area (Å²) in [7, 11) is 0. The van der Waals surface area contributed by atoms with E-state index in [1.54, 1.807) is 0 Å². The molecule has 1 heterocycles. The van der Waals surface area contributed by atoms with Crippen molar-refractivity contribution in [1.82, 2.24) is 0 Å². The van der Waals surface area contributed by atoms with Gasteiger partial charge >= 0.3 is 0 Å². The number of fused-ring (bicyclic) bond motifs is 4. The van der Waals surface area contributed by atoms with Crippen molar-refractivity contribution in [2.75, 3.05) is 0 Å². The van der Waals surface area contributed by atoms with Crippen LogP contribution in [0.4, 0.5) is 0 Å². The Morgan fingerprint density at radius 2 is 0.608 bits per heavy atom. The first kappa shape index (κ1) is 31.6. The Morgan fingerprint density at radius 1 is 0.373 bits per heavy atom. The number of rotatable bonds is 6. The average Bonchev–Trinajstić information content (AvgIpc) is 3.52. The van der Waals surface area contributed by atoms with Crippen molar-refractivity contribution in [1.29, 1.82) is 0 Å². The van der Waals surface area contributed by atoms with Gasteiger partial charge in [-0.15, -0.1) is 0 Å². The Hall–Kier alpha value is -5.36. The van der Waals surface area contributed by atoms with E-state index in [2.05, 4.69) is 48.5 Å². The fourth-order valence-corrected chi connectivity index (χ4v) is 8.51. The molecule has 2 N–H and O–H groups in total. The van der Waals surface area contributed by atoms with E-state index in [9.17, 15) is 10.2 Å². The van der Waals surface area contributed by atoms with Crippen molar-refractivity contribution in [2.24, 2.45) is 0 Å². The molecule has 4 nitrogen and oxygen atoms in total. The molecule has 8 aromatic rings. The molecule has 1 aliphatic heterocycles. The second-order valence-electron chi connectivity index (χ2n) is 14.1. The maximum absolute atomic E-state index is 14.0. The van der Waals surface area contributed by atoms with Crippen LogP contribution in [-0.4, -0.2) is 28.2 Å². The Labute approximate surface area is 297 Å². The van der Waals surface area contributed by atoms with Gasteiger partial charge in [-0.25, -0.2) is 0 Å². The Bertz CT molecular complexity index is 2230. The highest BCUT2D eigenvalue weighted by molar-refractivity contribution is 5.93. The first-order valence-corrected chi connectivity index (χ1v) is 17.5. The molecule has 0 aromatic heterocycles. The molecule has 1 aliphatic rings. The lowest BCUT2D eigenvalue weighted by molar-refractivity contribution is -0.172. The summed E-state index contributed by atoms with van der Waals surface area (Å²) in [6, 6.07) is 56.4. The summed E-state index contributed by atoms with van der Waals surface area (Å²) in [5, 5.41) is 35.6. The summed E-state index contributed by atoms with van der Waals surface area (Å²) in [4.78, 5) is 0. The minimum absolute atomic E-state index is 0.673. The highest BCUT2D eigenvalue weighted by Gasteiger charge is 2.62. The Morgan fingerprint density at radius 3 is 0.882 bits per heavy atom. The van der Waals surface area contributed by atoms with Gasteiger partial charge in [0.15, 0.2) is 5.79 Å². The van der Waals surface area contributed by atoms with Crippen molar-refractivity contribution in [3.8, 4) is 0 Å². The fraction of sp³-hybridized carbons (Fsp3) is 0.149. The highest BCUT2D eigenvalue weighted by Crippen LogP contribution is 2.53. The predicted molar refractivity (Wildman–Crippen MR) is 206 cm³/mol. The third-order valence-corrected chi connectivity index (χ3v) is 10.7. The van der Waals surface area contributed by atoms with E-state index < -0.39 is 29.2 Å². The zero-order chi connectivity index (χ0) is 34.8. The van der Waals surface area contributed by atoms with Gasteiger partial charge in [0.1, 0.15) is 23.4 Å². The molecule has 4 heteroatoms. The standard InChI is InChI=1S/C47H38O4/c1-45(2)50-43(46(48,39-27-11-19-31-15-3-7-23-35(31)39)40-28-12-20-32-16-4-8-24-36(32)40)44(51-45)47(49,41-29-13-21-33-17-5-9-25-37(33)41)42-30-14-22-34-18-6-10-26-38(34)42/h3-30,43-44,48-49H,1-2H3/t43-,44-/m0/s1. The topological polar surface area (TPSA) is 58.9 Å². The smallest absolute Gasteiger partial charge is 0.164 e. The molecule has 9 rings (SSSR count). The molecule has 0 aliphatic carbocycles. The first-order valence-electron chi connectivity index (χ1n) is 17.5. The van der Waals surface area contributed by atoms with Gasteiger partial charge in [-0.05, 0) is 79.2 Å². The van der Waals surface area contributed by atoms with E-state index in [1.165, 1.54) is 0 Å². The molecular weight excluding hydrogens is 629 g/mol. The summed E-state index contributed by atoms with van der Waals surface area (Å²) in [5.74, 6) is -1.18. The second kappa shape index (κ2) is 11.9. The van der Waals surface area contributed by atoms with Crippen LogP contribution < -0.4 is 0 Å². The maximum Gasteiger partial charge on any atom is 0.164 e. The number of ether oxygens (including phenoxy) is 2. The molecule has 8 aromatic carbocycles. The molecule has 0 saturated carbocycles. The van der Waals surface area contributed by atoms with E-state index in [4.69, 9.17) is 9.47 Å². The van der Waals surface area contributed by atoms with Crippen LogP contribution in [0.1, 0.15) is 36.1 Å². The predicted octanol–water partition coefficient (Wildman–Crippen LogP) is 9.99. The number of benzene rings is 8. The lowest BCUT2D eigenvalue weighted by Crippen LogP contribution is -2.55. The van der Waals surface area contributed by atoms with Crippen LogP contribution in [-0.2, 0) is 20.7 Å². The molecule has 0 radical (unpaired) electrons. The van der Waals surface area contributed by atoms with E-state index >= 15 is 0 Å². The lowest BCUT2D eigenvalue weighted by Gasteiger charge is -2.43. The van der Waals surface area contributed by atoms with Gasteiger partial charge in [0.2, 0.25) is 0 Å². The van der Waals surface area contributed by atoms with Crippen LogP contribution in [0, 0.1) is 0 Å². The summed E-state index contributed by atoms with van der Waals surface area (Å²) < 4.78 is 14.0. The monoisotopic (exact) mass is 666 g/mol. The van der Waals surface area contributed by atoms with Crippen LogP contribution in [0.5, 0.6) is 0 Å². The van der Waals surface area contributed by atoms with Crippen molar-refractivity contribution < 1.29 is 19.7 Å². The van der Waals surface area contributed by atoms with Crippen LogP contribution in [0.3, 0.4) is 0 Å². The first-order chi connectivity index (χ1) is 24.8. The van der Waals surface area contributed by atoms with Crippen LogP contribution in [0.15, 0.2) is 170 Å². The summed E-state index contributed by atoms with van der Waals surface area (Å²) in [6.07, 6.45) is -2.18. The third kappa shape index (κ3) is 4.90. The summed E-state index contributed by atoms with van der Waals surface area (Å²) >= 11 is 0. The molecule has 0 amide bonds. The van der Waals surface area contributed by atoms with Gasteiger partial charge in [-0.1, -0.05) is 170 Å². The third-order valence-electron chi connectivity index (χ3n) is 10.7. The molecule has 1 fully saturated rings. The summed E-state index contributed by atoms with van der Waals surface area (Å²) in [5.41, 5.74) is -0.914. The van der Waals surface area contributed by atoms with Crippen molar-refractivity contribution in [3.63, 3.8) is 0 Å². The Kier molecular flexibility index (Phi) is 7.36. The quantitative estimate of drug-likeness (QED) is 0.186. The van der Waals surface area contributed by atoms with Crippen LogP contribution in [0.25, 0.3) is 43.1 Å². The lowest BCUT2D eigenvalue weighted by atomic mass is 9.69. The fourth-order valence-electron chi connectivity index (χ4n) is 8.51. The average molecular weight is 667 g/mol. The maximum atomic E-state index is 14.0. The van der Waals surface area contributed by atoms with Gasteiger partial charge in [0.25, 0.3) is 0 Å². The number of hydrogen-bond acceptors (Lipinski definition) is 4. The molecule has 1 saturated heterocycles. The SMILES string of the molecule is CC1(C)O[C@H](C(O)(c2cccc3ccccc23)c2cccc3ccccc23)[C@@H](C(O)(c2cccc3ccccc23)c2cccc3ccccc23)O1. The molecule has 2 atom stereocenters. The minimum atomic E-state index is -1.80. The highest BCUT2D eigenvalue weighted by atomic mass is 16.8. The second-order valence-corrected chi connectivity index (χ2v) is 14.1. The zero-order valence-corrected chi connectivity index (χ0v) is 28.5. The van der Waals surface area contributed by atoms with Crippen LogP contribution in [0.2, 0.25) is 0 Å². The molecule has 0 bridgehead atoms. The van der Waals surface area contributed by atoms with E-state index in [1.807, 2.05) is 135 Å². The number of hydrogen-bond donors (Lipinski definition) is 2. The van der Waals surface area contributed by atoms with Crippen molar-refractivity contribution in [2.45, 2.75) is 43.0 Å². The van der Waals surface area contributed by atoms with Gasteiger partial charge in [-0.2, -0.15) is 0 Å². The van der Waals surface area contributed by atoms with Gasteiger partial charge in [0, 0.05) is 0 Å². The number of aliphatic hydroxyl groups is 2. The molecule has 0 spiro atoms. The molecule has 0 unspecified atom stereocenters. The van der Waals surface area contributed by atoms with E-state index in [-0.39, 0.29) is 0 Å². The largest absolute Gasteiger partial charge is 0.377 e. The summed E-state index contributed by atoms with van der Waals surface area (Å²) in [6.45, 7) is 3.72. The molecule has 51 heavy (non-hydrogen) atoms. The minimum Gasteiger partial charge on any atom is -0.377 e. The van der Waals surface area contributed by atoms with Gasteiger partial charge in [-0.3, -0.25) is 0 Å². The van der Waals surface area contributed by atoms with Crippen molar-refractivity contribution >= 4 is 43.1 Å². The van der Waals surface area contributed by atoms with E-state index in [0.717, 1.165) is 43.1 Å². The molecule has 250 valence electrons. The Balaban J connectivity index is 1.41. The molecular formula is C47H38O4.